The predicted octanol–water partition coefficient (Wildman–Crippen LogP) is 4.56. The van der Waals surface area contributed by atoms with Gasteiger partial charge in [0.2, 0.25) is 5.91 Å². The number of thiazole rings is 1. The normalized spacial score (nSPS) is 12.3. The zero-order valence-electron chi connectivity index (χ0n) is 18.0. The Morgan fingerprint density at radius 3 is 2.42 bits per heavy atom. The zero-order chi connectivity index (χ0) is 24.2. The third-order valence-corrected chi connectivity index (χ3v) is 8.39. The molecule has 0 aliphatic heterocycles. The number of carbonyl (C=O) groups is 2. The number of carbonyl (C=O) groups excluding carboxylic acids is 2. The van der Waals surface area contributed by atoms with Crippen LogP contribution < -0.4 is 4.80 Å². The maximum Gasteiger partial charge on any atom is 0.326 e. The molecule has 1 heterocycles. The van der Waals surface area contributed by atoms with E-state index >= 15 is 0 Å². The first-order valence-corrected chi connectivity index (χ1v) is 13.3. The lowest BCUT2D eigenvalue weighted by atomic mass is 10.2. The number of halogens is 2. The fourth-order valence-corrected chi connectivity index (χ4v) is 6.09. The average Bonchev–Trinajstić information content (AvgIpc) is 3.10. The molecule has 0 aliphatic carbocycles. The van der Waals surface area contributed by atoms with Crippen molar-refractivity contribution in [1.29, 1.82) is 0 Å². The molecule has 33 heavy (non-hydrogen) atoms. The molecule has 3 aromatic rings. The number of aryl methyl sites for hydroxylation is 1. The van der Waals surface area contributed by atoms with Gasteiger partial charge in [0.25, 0.3) is 0 Å². The lowest BCUT2D eigenvalue weighted by molar-refractivity contribution is -0.143. The van der Waals surface area contributed by atoms with Crippen LogP contribution in [0.15, 0.2) is 46.3 Å². The Morgan fingerprint density at radius 2 is 1.76 bits per heavy atom. The highest BCUT2D eigenvalue weighted by Crippen LogP contribution is 2.32. The molecule has 0 aliphatic rings. The second-order valence-electron chi connectivity index (χ2n) is 7.22. The van der Waals surface area contributed by atoms with Crippen LogP contribution in [0.5, 0.6) is 0 Å². The zero-order valence-corrected chi connectivity index (χ0v) is 21.2. The quantitative estimate of drug-likeness (QED) is 0.399. The minimum absolute atomic E-state index is 0.0692. The van der Waals surface area contributed by atoms with Crippen molar-refractivity contribution < 1.29 is 22.7 Å². The number of benzene rings is 2. The van der Waals surface area contributed by atoms with E-state index < -0.39 is 21.7 Å². The van der Waals surface area contributed by atoms with E-state index in [1.165, 1.54) is 4.57 Å². The van der Waals surface area contributed by atoms with Crippen LogP contribution in [-0.4, -0.2) is 37.2 Å². The summed E-state index contributed by atoms with van der Waals surface area (Å²) in [6.45, 7) is 3.58. The molecule has 1 aromatic heterocycles. The smallest absolute Gasteiger partial charge is 0.326 e. The summed E-state index contributed by atoms with van der Waals surface area (Å²) in [5.41, 5.74) is 1.44. The molecule has 2 aromatic carbocycles. The number of nitrogens with zero attached hydrogens (tertiary/aromatic N) is 2. The number of rotatable bonds is 8. The van der Waals surface area contributed by atoms with Gasteiger partial charge >= 0.3 is 5.97 Å². The molecule has 176 valence electrons. The Balaban J connectivity index is 1.83. The van der Waals surface area contributed by atoms with Crippen molar-refractivity contribution in [2.75, 3.05) is 12.4 Å². The molecule has 0 saturated carbocycles. The third-order valence-electron chi connectivity index (χ3n) is 4.73. The van der Waals surface area contributed by atoms with Crippen molar-refractivity contribution in [3.8, 4) is 0 Å². The van der Waals surface area contributed by atoms with Gasteiger partial charge in [0.05, 0.1) is 37.5 Å². The number of amides is 1. The van der Waals surface area contributed by atoms with Crippen molar-refractivity contribution in [1.82, 2.24) is 4.57 Å². The maximum absolute atomic E-state index is 12.5. The topological polar surface area (TPSA) is 94.8 Å². The second-order valence-corrected chi connectivity index (χ2v) is 11.1. The van der Waals surface area contributed by atoms with Crippen molar-refractivity contribution in [3.05, 3.63) is 56.8 Å². The fraction of sp³-hybridized carbons (Fsp3) is 0.318. The number of aromatic nitrogens is 1. The number of ether oxygens (including phenoxy) is 1. The predicted molar refractivity (Wildman–Crippen MR) is 130 cm³/mol. The highest BCUT2D eigenvalue weighted by molar-refractivity contribution is 7.91. The van der Waals surface area contributed by atoms with E-state index in [1.807, 2.05) is 6.92 Å². The molecule has 0 N–H and O–H groups in total. The number of hydrogen-bond donors (Lipinski definition) is 0. The summed E-state index contributed by atoms with van der Waals surface area (Å²) in [7, 11) is -3.50. The lowest BCUT2D eigenvalue weighted by Gasteiger charge is -2.06. The Labute approximate surface area is 205 Å². The van der Waals surface area contributed by atoms with Crippen LogP contribution in [0.4, 0.5) is 0 Å². The summed E-state index contributed by atoms with van der Waals surface area (Å²) in [6, 6.07) is 9.79. The van der Waals surface area contributed by atoms with Crippen molar-refractivity contribution in [3.63, 3.8) is 0 Å². The summed E-state index contributed by atoms with van der Waals surface area (Å²) in [5, 5.41) is 0.767. The first-order chi connectivity index (χ1) is 15.6. The van der Waals surface area contributed by atoms with Gasteiger partial charge in [-0.05, 0) is 44.5 Å². The molecule has 0 fully saturated rings. The van der Waals surface area contributed by atoms with Crippen molar-refractivity contribution >= 4 is 66.5 Å². The number of sulfone groups is 1. The van der Waals surface area contributed by atoms with Crippen molar-refractivity contribution in [2.45, 2.75) is 38.1 Å². The Bertz CT molecular complexity index is 1360. The Hall–Kier alpha value is -2.20. The van der Waals surface area contributed by atoms with Crippen LogP contribution in [0, 0.1) is 6.92 Å². The SMILES string of the molecule is CCOC(=O)Cn1c(=NC(=O)CCCS(=O)(=O)c2ccc(C)cc2)sc2c(Cl)ccc(Cl)c21. The Morgan fingerprint density at radius 1 is 1.09 bits per heavy atom. The molecular weight excluding hydrogens is 507 g/mol. The summed E-state index contributed by atoms with van der Waals surface area (Å²) in [5.74, 6) is -1.19. The molecular formula is C22H22Cl2N2O5S2. The van der Waals surface area contributed by atoms with Crippen molar-refractivity contribution in [2.24, 2.45) is 4.99 Å². The molecule has 1 amide bonds. The molecule has 0 spiro atoms. The van der Waals surface area contributed by atoms with Gasteiger partial charge in [-0.3, -0.25) is 9.59 Å². The van der Waals surface area contributed by atoms with E-state index in [9.17, 15) is 18.0 Å². The van der Waals surface area contributed by atoms with Crippen LogP contribution in [0.1, 0.15) is 25.3 Å². The average molecular weight is 529 g/mol. The molecule has 11 heteroatoms. The van der Waals surface area contributed by atoms with E-state index in [1.54, 1.807) is 43.3 Å². The van der Waals surface area contributed by atoms with E-state index in [0.717, 1.165) is 16.9 Å². The molecule has 0 bridgehead atoms. The number of hydrogen-bond acceptors (Lipinski definition) is 6. The Kier molecular flexibility index (Phi) is 8.33. The summed E-state index contributed by atoms with van der Waals surface area (Å²) >= 11 is 13.7. The third kappa shape index (κ3) is 6.23. The standard InChI is InChI=1S/C22H22Cl2N2O5S2/c1-3-31-19(28)13-26-20-16(23)10-11-17(24)21(20)32-22(26)25-18(27)5-4-12-33(29,30)15-8-6-14(2)7-9-15/h6-11H,3-5,12-13H2,1-2H3. The van der Waals surface area contributed by atoms with E-state index in [4.69, 9.17) is 27.9 Å². The van der Waals surface area contributed by atoms with Gasteiger partial charge in [0.15, 0.2) is 14.6 Å². The minimum Gasteiger partial charge on any atom is -0.465 e. The van der Waals surface area contributed by atoms with Gasteiger partial charge in [0, 0.05) is 6.42 Å². The second kappa shape index (κ2) is 10.8. The van der Waals surface area contributed by atoms with Crippen LogP contribution in [-0.2, 0) is 30.7 Å². The minimum atomic E-state index is -3.50. The van der Waals surface area contributed by atoms with Crippen LogP contribution in [0.3, 0.4) is 0 Å². The van der Waals surface area contributed by atoms with Gasteiger partial charge in [-0.2, -0.15) is 4.99 Å². The summed E-state index contributed by atoms with van der Waals surface area (Å²) in [4.78, 5) is 29.2. The van der Waals surface area contributed by atoms with Crippen LogP contribution in [0.25, 0.3) is 10.2 Å². The van der Waals surface area contributed by atoms with Gasteiger partial charge in [-0.1, -0.05) is 52.2 Å². The molecule has 0 radical (unpaired) electrons. The summed E-state index contributed by atoms with van der Waals surface area (Å²) < 4.78 is 32.1. The molecule has 0 saturated heterocycles. The van der Waals surface area contributed by atoms with E-state index in [2.05, 4.69) is 4.99 Å². The molecule has 3 rings (SSSR count). The van der Waals surface area contributed by atoms with Crippen LogP contribution >= 0.6 is 34.5 Å². The highest BCUT2D eigenvalue weighted by Gasteiger charge is 2.18. The van der Waals surface area contributed by atoms with Crippen LogP contribution in [0.2, 0.25) is 10.0 Å². The van der Waals surface area contributed by atoms with E-state index in [0.29, 0.717) is 20.3 Å². The molecule has 7 nitrogen and oxygen atoms in total. The maximum atomic E-state index is 12.5. The summed E-state index contributed by atoms with van der Waals surface area (Å²) in [6.07, 6.45) is 0.0447. The monoisotopic (exact) mass is 528 g/mol. The van der Waals surface area contributed by atoms with Gasteiger partial charge in [-0.25, -0.2) is 8.42 Å². The highest BCUT2D eigenvalue weighted by atomic mass is 35.5. The van der Waals surface area contributed by atoms with Gasteiger partial charge in [0.1, 0.15) is 6.54 Å². The lowest BCUT2D eigenvalue weighted by Crippen LogP contribution is -2.23. The van der Waals surface area contributed by atoms with E-state index in [-0.39, 0.29) is 41.4 Å². The fourth-order valence-electron chi connectivity index (χ4n) is 3.12. The molecule has 0 atom stereocenters. The first kappa shape index (κ1) is 25.4. The molecule has 0 unspecified atom stereocenters. The number of fused-ring (bicyclic) bond motifs is 1. The van der Waals surface area contributed by atoms with Gasteiger partial charge in [-0.15, -0.1) is 0 Å². The van der Waals surface area contributed by atoms with Gasteiger partial charge < -0.3 is 9.30 Å². The first-order valence-electron chi connectivity index (χ1n) is 10.1. The number of esters is 1. The largest absolute Gasteiger partial charge is 0.465 e.